The van der Waals surface area contributed by atoms with Crippen molar-refractivity contribution in [1.29, 1.82) is 0 Å². The van der Waals surface area contributed by atoms with Crippen molar-refractivity contribution < 1.29 is 0 Å². The van der Waals surface area contributed by atoms with E-state index in [-0.39, 0.29) is 0 Å². The first-order chi connectivity index (χ1) is 12.6. The first-order valence-corrected chi connectivity index (χ1v) is 10.1. The highest BCUT2D eigenvalue weighted by molar-refractivity contribution is 9.10. The minimum atomic E-state index is 0.665. The number of aryl methyl sites for hydroxylation is 1. The normalized spacial score (nSPS) is 17.3. The van der Waals surface area contributed by atoms with Gasteiger partial charge in [0, 0.05) is 47.6 Å². The molecule has 1 unspecified atom stereocenters. The Morgan fingerprint density at radius 3 is 2.92 bits per heavy atom. The molecule has 4 nitrogen and oxygen atoms in total. The number of benzene rings is 1. The third-order valence-electron chi connectivity index (χ3n) is 5.05. The van der Waals surface area contributed by atoms with Crippen molar-refractivity contribution in [2.24, 2.45) is 5.92 Å². The molecule has 1 aliphatic rings. The van der Waals surface area contributed by atoms with E-state index in [9.17, 15) is 0 Å². The molecule has 0 saturated carbocycles. The van der Waals surface area contributed by atoms with Gasteiger partial charge in [0.05, 0.1) is 11.9 Å². The van der Waals surface area contributed by atoms with Crippen molar-refractivity contribution in [3.8, 4) is 0 Å². The van der Waals surface area contributed by atoms with Crippen LogP contribution in [0.3, 0.4) is 0 Å². The number of hydrogen-bond acceptors (Lipinski definition) is 3. The van der Waals surface area contributed by atoms with E-state index in [0.29, 0.717) is 5.92 Å². The summed E-state index contributed by atoms with van der Waals surface area (Å²) in [6, 6.07) is 10.2. The van der Waals surface area contributed by atoms with E-state index >= 15 is 0 Å². The average molecular weight is 434 g/mol. The fourth-order valence-electron chi connectivity index (χ4n) is 3.68. The van der Waals surface area contributed by atoms with Gasteiger partial charge in [0.1, 0.15) is 5.65 Å². The molecule has 26 heavy (non-hydrogen) atoms. The van der Waals surface area contributed by atoms with Gasteiger partial charge in [0.2, 0.25) is 0 Å². The van der Waals surface area contributed by atoms with Crippen molar-refractivity contribution in [1.82, 2.24) is 14.7 Å². The van der Waals surface area contributed by atoms with Crippen LogP contribution < -0.4 is 10.2 Å². The minimum Gasteiger partial charge on any atom is -0.371 e. The number of fused-ring (bicyclic) bond motifs is 1. The molecule has 0 radical (unpaired) electrons. The van der Waals surface area contributed by atoms with Crippen LogP contribution in [0.1, 0.15) is 17.7 Å². The number of rotatable bonds is 5. The van der Waals surface area contributed by atoms with Crippen LogP contribution in [-0.4, -0.2) is 29.0 Å². The van der Waals surface area contributed by atoms with Crippen LogP contribution >= 0.6 is 27.5 Å². The summed E-state index contributed by atoms with van der Waals surface area (Å²) < 4.78 is 3.25. The average Bonchev–Trinajstić information content (AvgIpc) is 3.23. The second kappa shape index (κ2) is 7.59. The fourth-order valence-corrected chi connectivity index (χ4v) is 4.36. The Labute approximate surface area is 167 Å². The molecule has 1 N–H and O–H groups in total. The number of nitrogens with zero attached hydrogens (tertiary/aromatic N) is 3. The number of hydrogen-bond donors (Lipinski definition) is 1. The third-order valence-corrected chi connectivity index (χ3v) is 5.74. The lowest BCUT2D eigenvalue weighted by Crippen LogP contribution is -2.26. The second-order valence-electron chi connectivity index (χ2n) is 6.99. The molecule has 4 rings (SSSR count). The largest absolute Gasteiger partial charge is 0.371 e. The second-order valence-corrected chi connectivity index (χ2v) is 8.34. The molecule has 3 heterocycles. The SMILES string of the molecule is Cc1cc(Br)cn2c(CNCC3CCN(c4ccc(Cl)cc4)C3)cnc12. The van der Waals surface area contributed by atoms with E-state index in [1.165, 1.54) is 23.4 Å². The summed E-state index contributed by atoms with van der Waals surface area (Å²) in [5.41, 5.74) is 4.66. The van der Waals surface area contributed by atoms with Crippen LogP contribution in [0.15, 0.2) is 47.2 Å². The van der Waals surface area contributed by atoms with Gasteiger partial charge in [-0.3, -0.25) is 0 Å². The minimum absolute atomic E-state index is 0.665. The van der Waals surface area contributed by atoms with Crippen LogP contribution in [0, 0.1) is 12.8 Å². The van der Waals surface area contributed by atoms with Crippen molar-refractivity contribution in [2.75, 3.05) is 24.5 Å². The molecule has 0 spiro atoms. The highest BCUT2D eigenvalue weighted by Crippen LogP contribution is 2.25. The molecule has 1 atom stereocenters. The third kappa shape index (κ3) is 3.75. The fraction of sp³-hybridized carbons (Fsp3) is 0.350. The lowest BCUT2D eigenvalue weighted by molar-refractivity contribution is 0.513. The van der Waals surface area contributed by atoms with Crippen molar-refractivity contribution in [2.45, 2.75) is 19.9 Å². The molecular weight excluding hydrogens is 412 g/mol. The van der Waals surface area contributed by atoms with Gasteiger partial charge in [0.25, 0.3) is 0 Å². The Balaban J connectivity index is 1.34. The Morgan fingerprint density at radius 1 is 1.31 bits per heavy atom. The molecule has 0 aliphatic carbocycles. The lowest BCUT2D eigenvalue weighted by Gasteiger charge is -2.19. The Kier molecular flexibility index (Phi) is 5.20. The number of nitrogens with one attached hydrogen (secondary N) is 1. The number of anilines is 1. The molecule has 0 amide bonds. The number of imidazole rings is 1. The summed E-state index contributed by atoms with van der Waals surface area (Å²) in [7, 11) is 0. The predicted molar refractivity (Wildman–Crippen MR) is 111 cm³/mol. The van der Waals surface area contributed by atoms with Crippen LogP contribution in [0.2, 0.25) is 5.02 Å². The molecule has 136 valence electrons. The summed E-state index contributed by atoms with van der Waals surface area (Å²) in [5, 5.41) is 4.41. The van der Waals surface area contributed by atoms with Crippen LogP contribution in [0.25, 0.3) is 5.65 Å². The topological polar surface area (TPSA) is 32.6 Å². The summed E-state index contributed by atoms with van der Waals surface area (Å²) >= 11 is 9.56. The molecule has 1 fully saturated rings. The molecule has 1 saturated heterocycles. The molecule has 2 aromatic heterocycles. The molecular formula is C20H22BrClN4. The van der Waals surface area contributed by atoms with Crippen molar-refractivity contribution in [3.05, 3.63) is 63.5 Å². The van der Waals surface area contributed by atoms with Crippen molar-refractivity contribution in [3.63, 3.8) is 0 Å². The zero-order valence-corrected chi connectivity index (χ0v) is 17.1. The van der Waals surface area contributed by atoms with Crippen LogP contribution in [0.4, 0.5) is 5.69 Å². The van der Waals surface area contributed by atoms with Gasteiger partial charge < -0.3 is 14.6 Å². The first-order valence-electron chi connectivity index (χ1n) is 8.93. The summed E-state index contributed by atoms with van der Waals surface area (Å²) in [6.07, 6.45) is 5.27. The van der Waals surface area contributed by atoms with Crippen molar-refractivity contribution >= 4 is 38.9 Å². The van der Waals surface area contributed by atoms with E-state index < -0.39 is 0 Å². The van der Waals surface area contributed by atoms with Gasteiger partial charge >= 0.3 is 0 Å². The highest BCUT2D eigenvalue weighted by Gasteiger charge is 2.22. The quantitative estimate of drug-likeness (QED) is 0.634. The predicted octanol–water partition coefficient (Wildman–Crippen LogP) is 4.67. The monoisotopic (exact) mass is 432 g/mol. The molecule has 3 aromatic rings. The molecule has 0 bridgehead atoms. The van der Waals surface area contributed by atoms with Gasteiger partial charge in [-0.05, 0) is 71.1 Å². The van der Waals surface area contributed by atoms with Crippen LogP contribution in [-0.2, 0) is 6.54 Å². The number of pyridine rings is 1. The zero-order valence-electron chi connectivity index (χ0n) is 14.8. The number of halogens is 2. The Morgan fingerprint density at radius 2 is 2.12 bits per heavy atom. The van der Waals surface area contributed by atoms with E-state index in [4.69, 9.17) is 11.6 Å². The standard InChI is InChI=1S/C20H22BrClN4/c1-14-8-16(21)13-26-19(11-24-20(14)26)10-23-9-15-6-7-25(12-15)18-4-2-17(22)3-5-18/h2-5,8,11,13,15,23H,6-7,9-10,12H2,1H3. The summed E-state index contributed by atoms with van der Waals surface area (Å²) in [4.78, 5) is 6.99. The van der Waals surface area contributed by atoms with E-state index in [1.54, 1.807) is 0 Å². The zero-order chi connectivity index (χ0) is 18.1. The van der Waals surface area contributed by atoms with E-state index in [2.05, 4.69) is 66.9 Å². The van der Waals surface area contributed by atoms with Gasteiger partial charge in [0.15, 0.2) is 0 Å². The first kappa shape index (κ1) is 17.8. The summed E-state index contributed by atoms with van der Waals surface area (Å²) in [5.74, 6) is 0.665. The summed E-state index contributed by atoms with van der Waals surface area (Å²) in [6.45, 7) is 6.13. The molecule has 1 aliphatic heterocycles. The van der Waals surface area contributed by atoms with Gasteiger partial charge in [-0.1, -0.05) is 11.6 Å². The Hall–Kier alpha value is -1.56. The van der Waals surface area contributed by atoms with Gasteiger partial charge in [-0.15, -0.1) is 0 Å². The molecule has 6 heteroatoms. The maximum absolute atomic E-state index is 5.99. The molecule has 1 aromatic carbocycles. The highest BCUT2D eigenvalue weighted by atomic mass is 79.9. The smallest absolute Gasteiger partial charge is 0.139 e. The van der Waals surface area contributed by atoms with E-state index in [0.717, 1.165) is 41.3 Å². The Bertz CT molecular complexity index is 906. The van der Waals surface area contributed by atoms with E-state index in [1.807, 2.05) is 18.3 Å². The van der Waals surface area contributed by atoms with Crippen LogP contribution in [0.5, 0.6) is 0 Å². The lowest BCUT2D eigenvalue weighted by atomic mass is 10.1. The maximum atomic E-state index is 5.99. The maximum Gasteiger partial charge on any atom is 0.139 e. The van der Waals surface area contributed by atoms with Gasteiger partial charge in [-0.25, -0.2) is 4.98 Å². The number of aromatic nitrogens is 2. The van der Waals surface area contributed by atoms with Gasteiger partial charge in [-0.2, -0.15) is 0 Å².